The lowest BCUT2D eigenvalue weighted by Gasteiger charge is -2.41. The van der Waals surface area contributed by atoms with Crippen molar-refractivity contribution >= 4 is 36.2 Å². The van der Waals surface area contributed by atoms with Gasteiger partial charge in [0, 0.05) is 25.3 Å². The Kier molecular flexibility index (Phi) is 8.12. The maximum absolute atomic E-state index is 6.15. The minimum Gasteiger partial charge on any atom is -0.396 e. The summed E-state index contributed by atoms with van der Waals surface area (Å²) in [5.74, 6) is 0. The monoisotopic (exact) mass is 384 g/mol. The molecule has 0 radical (unpaired) electrons. The van der Waals surface area contributed by atoms with Crippen LogP contribution < -0.4 is 0 Å². The van der Waals surface area contributed by atoms with E-state index in [2.05, 4.69) is 13.8 Å². The zero-order valence-corrected chi connectivity index (χ0v) is 19.5. The lowest BCUT2D eigenvalue weighted by molar-refractivity contribution is 0.0674. The van der Waals surface area contributed by atoms with Crippen molar-refractivity contribution in [3.63, 3.8) is 0 Å². The van der Waals surface area contributed by atoms with Crippen LogP contribution in [-0.4, -0.2) is 48.4 Å². The highest BCUT2D eigenvalue weighted by molar-refractivity contribution is 6.81. The van der Waals surface area contributed by atoms with Crippen LogP contribution in [0.4, 0.5) is 0 Å². The Morgan fingerprint density at radius 3 is 1.27 bits per heavy atom. The topological polar surface area (TPSA) is 55.4 Å². The molecule has 1 aliphatic heterocycles. The molecule has 1 aliphatic rings. The summed E-state index contributed by atoms with van der Waals surface area (Å²) in [6.07, 6.45) is 2.07. The van der Waals surface area contributed by atoms with Crippen LogP contribution in [0.2, 0.25) is 26.2 Å². The van der Waals surface area contributed by atoms with Gasteiger partial charge in [0.1, 0.15) is 0 Å². The Morgan fingerprint density at radius 1 is 0.773 bits per heavy atom. The molecule has 132 valence electrons. The lowest BCUT2D eigenvalue weighted by atomic mass is 10.3. The molecule has 2 atom stereocenters. The predicted molar refractivity (Wildman–Crippen MR) is 95.3 cm³/mol. The quantitative estimate of drug-likeness (QED) is 0.656. The summed E-state index contributed by atoms with van der Waals surface area (Å²) in [5, 5.41) is 0. The molecular formula is C12H32O6Si4. The predicted octanol–water partition coefficient (Wildman–Crippen LogP) is 2.53. The minimum absolute atomic E-state index is 0.110. The van der Waals surface area contributed by atoms with Crippen molar-refractivity contribution in [1.82, 2.24) is 0 Å². The molecule has 1 fully saturated rings. The van der Waals surface area contributed by atoms with E-state index in [9.17, 15) is 0 Å². The van der Waals surface area contributed by atoms with Gasteiger partial charge in [-0.1, -0.05) is 13.8 Å². The van der Waals surface area contributed by atoms with E-state index in [4.69, 9.17) is 25.3 Å². The average molecular weight is 385 g/mol. The molecule has 0 saturated carbocycles. The number of hydrogen-bond acceptors (Lipinski definition) is 6. The average Bonchev–Trinajstić information content (AvgIpc) is 2.34. The highest BCUT2D eigenvalue weighted by Gasteiger charge is 2.49. The van der Waals surface area contributed by atoms with E-state index in [-0.39, 0.29) is 12.2 Å². The molecule has 1 saturated heterocycles. The van der Waals surface area contributed by atoms with E-state index < -0.39 is 36.2 Å². The molecule has 0 N–H and O–H groups in total. The summed E-state index contributed by atoms with van der Waals surface area (Å²) in [5.41, 5.74) is 0. The van der Waals surface area contributed by atoms with Gasteiger partial charge in [-0.15, -0.1) is 0 Å². The second-order valence-electron chi connectivity index (χ2n) is 6.00. The second-order valence-corrected chi connectivity index (χ2v) is 16.0. The van der Waals surface area contributed by atoms with Gasteiger partial charge in [-0.2, -0.15) is 0 Å². The van der Waals surface area contributed by atoms with Crippen molar-refractivity contribution < 1.29 is 25.3 Å². The Labute approximate surface area is 140 Å². The smallest absolute Gasteiger partial charge is 0.396 e. The van der Waals surface area contributed by atoms with E-state index in [0.717, 1.165) is 12.8 Å². The van der Waals surface area contributed by atoms with Crippen LogP contribution in [0.15, 0.2) is 0 Å². The summed E-state index contributed by atoms with van der Waals surface area (Å²) < 4.78 is 36.7. The van der Waals surface area contributed by atoms with Gasteiger partial charge in [0.2, 0.25) is 0 Å². The largest absolute Gasteiger partial charge is 0.479 e. The van der Waals surface area contributed by atoms with Crippen molar-refractivity contribution in [3.05, 3.63) is 0 Å². The molecule has 22 heavy (non-hydrogen) atoms. The SMILES string of the molecule is CCC(C)O[Si]1(C)O[SiH](C)O[Si](C)(OC(C)CC)O[SiH](C)O1. The third kappa shape index (κ3) is 6.63. The molecule has 10 heteroatoms. The van der Waals surface area contributed by atoms with Gasteiger partial charge in [0.15, 0.2) is 0 Å². The number of hydrogen-bond donors (Lipinski definition) is 0. The highest BCUT2D eigenvalue weighted by atomic mass is 28.5. The fourth-order valence-corrected chi connectivity index (χ4v) is 17.3. The van der Waals surface area contributed by atoms with Crippen molar-refractivity contribution in [1.29, 1.82) is 0 Å². The summed E-state index contributed by atoms with van der Waals surface area (Å²) in [7, 11) is -9.28. The minimum atomic E-state index is -2.70. The van der Waals surface area contributed by atoms with Gasteiger partial charge in [-0.3, -0.25) is 0 Å². The van der Waals surface area contributed by atoms with Gasteiger partial charge in [-0.05, 0) is 39.8 Å². The molecule has 2 unspecified atom stereocenters. The van der Waals surface area contributed by atoms with E-state index >= 15 is 0 Å². The van der Waals surface area contributed by atoms with Crippen molar-refractivity contribution in [3.8, 4) is 0 Å². The first-order valence-electron chi connectivity index (χ1n) is 8.18. The van der Waals surface area contributed by atoms with Gasteiger partial charge >= 0.3 is 36.2 Å². The Bertz CT molecular complexity index is 304. The molecule has 0 spiro atoms. The molecule has 0 aromatic heterocycles. The maximum Gasteiger partial charge on any atom is 0.479 e. The Morgan fingerprint density at radius 2 is 1.05 bits per heavy atom. The van der Waals surface area contributed by atoms with Crippen LogP contribution >= 0.6 is 0 Å². The van der Waals surface area contributed by atoms with Crippen LogP contribution in [0.3, 0.4) is 0 Å². The first-order chi connectivity index (χ1) is 10.1. The zero-order chi connectivity index (χ0) is 17.0. The van der Waals surface area contributed by atoms with Crippen LogP contribution in [0, 0.1) is 0 Å². The lowest BCUT2D eigenvalue weighted by Crippen LogP contribution is -2.61. The molecule has 0 aliphatic carbocycles. The molecule has 0 amide bonds. The van der Waals surface area contributed by atoms with Crippen molar-refractivity contribution in [2.75, 3.05) is 0 Å². The standard InChI is InChI=1S/C12H32O6Si4/c1-9-11(3)13-21(7)15-19(5)17-22(8,14-12(4)10-2)18-20(6)16-21/h11-12,19-20H,9-10H2,1-8H3. The molecule has 0 aromatic carbocycles. The Balaban J connectivity index is 2.81. The van der Waals surface area contributed by atoms with Crippen LogP contribution in [-0.2, 0) is 25.3 Å². The third-order valence-corrected chi connectivity index (χ3v) is 17.3. The van der Waals surface area contributed by atoms with Crippen LogP contribution in [0.25, 0.3) is 0 Å². The van der Waals surface area contributed by atoms with Crippen LogP contribution in [0.1, 0.15) is 40.5 Å². The van der Waals surface area contributed by atoms with Gasteiger partial charge in [0.25, 0.3) is 0 Å². The van der Waals surface area contributed by atoms with Gasteiger partial charge < -0.3 is 25.3 Å². The summed E-state index contributed by atoms with van der Waals surface area (Å²) in [4.78, 5) is 0. The summed E-state index contributed by atoms with van der Waals surface area (Å²) >= 11 is 0. The summed E-state index contributed by atoms with van der Waals surface area (Å²) in [6, 6.07) is 0. The van der Waals surface area contributed by atoms with E-state index in [1.54, 1.807) is 0 Å². The van der Waals surface area contributed by atoms with Gasteiger partial charge in [0.05, 0.1) is 0 Å². The molecule has 1 rings (SSSR count). The highest BCUT2D eigenvalue weighted by Crippen LogP contribution is 2.25. The summed E-state index contributed by atoms with van der Waals surface area (Å²) in [6.45, 7) is 16.1. The normalized spacial score (nSPS) is 39.8. The maximum atomic E-state index is 6.15. The van der Waals surface area contributed by atoms with E-state index in [1.165, 1.54) is 0 Å². The van der Waals surface area contributed by atoms with E-state index in [1.807, 2.05) is 40.0 Å². The Hall–Kier alpha value is 0.628. The molecule has 6 nitrogen and oxygen atoms in total. The van der Waals surface area contributed by atoms with Gasteiger partial charge in [-0.25, -0.2) is 0 Å². The first kappa shape index (κ1) is 20.7. The second kappa shape index (κ2) is 8.64. The number of rotatable bonds is 6. The van der Waals surface area contributed by atoms with Crippen LogP contribution in [0.5, 0.6) is 0 Å². The third-order valence-electron chi connectivity index (χ3n) is 3.50. The molecule has 0 bridgehead atoms. The fourth-order valence-electron chi connectivity index (χ4n) is 2.32. The molecule has 1 heterocycles. The first-order valence-corrected chi connectivity index (χ1v) is 16.8. The zero-order valence-electron chi connectivity index (χ0n) is 15.2. The fraction of sp³-hybridized carbons (Fsp3) is 1.00. The van der Waals surface area contributed by atoms with Crippen molar-refractivity contribution in [2.24, 2.45) is 0 Å². The molecule has 0 aromatic rings. The van der Waals surface area contributed by atoms with E-state index in [0.29, 0.717) is 0 Å². The molecular weight excluding hydrogens is 352 g/mol. The van der Waals surface area contributed by atoms with Crippen molar-refractivity contribution in [2.45, 2.75) is 78.9 Å².